The highest BCUT2D eigenvalue weighted by Gasteiger charge is 2.25. The van der Waals surface area contributed by atoms with E-state index in [1.807, 2.05) is 21.1 Å². The van der Waals surface area contributed by atoms with Crippen LogP contribution in [0.25, 0.3) is 0 Å². The number of hydrogen-bond donors (Lipinski definition) is 1. The van der Waals surface area contributed by atoms with E-state index in [1.165, 1.54) is 250 Å². The van der Waals surface area contributed by atoms with Gasteiger partial charge in [-0.1, -0.05) is 301 Å². The van der Waals surface area contributed by atoms with Gasteiger partial charge in [0.05, 0.1) is 34.4 Å². The number of hydrogen-bond acceptors (Lipinski definition) is 7. The number of nitrogens with zero attached hydrogens (tertiary/aromatic N) is 1. The number of carboxylic acids is 1. The molecule has 2 unspecified atom stereocenters. The molecule has 0 aliphatic rings. The number of aliphatic carboxylic acids is 1. The maximum absolute atomic E-state index is 12.9. The summed E-state index contributed by atoms with van der Waals surface area (Å²) in [5, 5.41) is 9.73. The van der Waals surface area contributed by atoms with Crippen molar-refractivity contribution in [3.05, 3.63) is 36.5 Å². The maximum atomic E-state index is 12.9. The number of rotatable bonds is 63. The van der Waals surface area contributed by atoms with E-state index >= 15 is 0 Å². The van der Waals surface area contributed by atoms with Crippen molar-refractivity contribution < 1.29 is 42.9 Å². The zero-order valence-corrected chi connectivity index (χ0v) is 52.3. The lowest BCUT2D eigenvalue weighted by Crippen LogP contribution is -2.40. The molecule has 0 spiro atoms. The van der Waals surface area contributed by atoms with Crippen LogP contribution in [0, 0.1) is 0 Å². The van der Waals surface area contributed by atoms with Gasteiger partial charge >= 0.3 is 17.9 Å². The molecule has 0 aromatic carbocycles. The highest BCUT2D eigenvalue weighted by molar-refractivity contribution is 5.71. The van der Waals surface area contributed by atoms with Gasteiger partial charge in [0.1, 0.15) is 13.2 Å². The molecule has 0 fully saturated rings. The largest absolute Gasteiger partial charge is 0.477 e. The summed E-state index contributed by atoms with van der Waals surface area (Å²) in [7, 11) is 5.99. The minimum atomic E-state index is -1.51. The van der Waals surface area contributed by atoms with E-state index in [2.05, 4.69) is 50.3 Å². The van der Waals surface area contributed by atoms with Gasteiger partial charge in [0.25, 0.3) is 6.29 Å². The number of carboxylic acid groups (broad SMARTS) is 1. The zero-order valence-electron chi connectivity index (χ0n) is 52.3. The van der Waals surface area contributed by atoms with Gasteiger partial charge in [-0.3, -0.25) is 9.59 Å². The summed E-state index contributed by atoms with van der Waals surface area (Å²) in [6.45, 7) is 4.93. The summed E-state index contributed by atoms with van der Waals surface area (Å²) >= 11 is 0. The van der Waals surface area contributed by atoms with Gasteiger partial charge in [0.2, 0.25) is 0 Å². The Labute approximate surface area is 483 Å². The lowest BCUT2D eigenvalue weighted by molar-refractivity contribution is -0.870. The Bertz CT molecular complexity index is 1370. The number of quaternary nitrogens is 1. The molecule has 9 nitrogen and oxygen atoms in total. The van der Waals surface area contributed by atoms with Crippen molar-refractivity contribution in [1.82, 2.24) is 0 Å². The standard InChI is InChI=1S/C69H129NO8/c1-6-8-10-12-14-16-18-20-22-24-26-28-30-31-32-33-34-35-36-37-38-40-42-44-46-48-50-52-54-56-58-60-67(72)78-65(64-77-69(68(73)74)75-62-61-70(3,4)5)63-76-66(71)59-57-55-53-51-49-47-45-43-41-39-29-27-25-23-21-19-17-15-13-11-9-7-2/h18,20,24,26,30-31,65,69H,6-17,19,21-23,25,27-29,32-64H2,1-5H3/p+1/b20-18-,26-24-,31-30-. The summed E-state index contributed by atoms with van der Waals surface area (Å²) in [6.07, 6.45) is 72.5. The number of carbonyl (C=O) groups excluding carboxylic acids is 2. The van der Waals surface area contributed by atoms with Crippen LogP contribution in [0.15, 0.2) is 36.5 Å². The Hall–Kier alpha value is -2.49. The second kappa shape index (κ2) is 60.6. The molecule has 0 aliphatic heterocycles. The van der Waals surface area contributed by atoms with Crippen LogP contribution in [0.2, 0.25) is 0 Å². The van der Waals surface area contributed by atoms with Gasteiger partial charge in [-0.25, -0.2) is 4.79 Å². The molecule has 9 heteroatoms. The number of allylic oxidation sites excluding steroid dienone is 6. The highest BCUT2D eigenvalue weighted by Crippen LogP contribution is 2.18. The van der Waals surface area contributed by atoms with Crippen LogP contribution in [0.3, 0.4) is 0 Å². The Kier molecular flexibility index (Phi) is 58.7. The van der Waals surface area contributed by atoms with E-state index in [0.717, 1.165) is 51.4 Å². The van der Waals surface area contributed by atoms with Crippen LogP contribution in [-0.2, 0) is 33.3 Å². The molecule has 0 amide bonds. The number of likely N-dealkylation sites (N-methyl/N-ethyl adjacent to an activating group) is 1. The zero-order chi connectivity index (χ0) is 56.9. The quantitative estimate of drug-likeness (QED) is 0.0211. The molecular formula is C69H130NO8+. The van der Waals surface area contributed by atoms with Crippen LogP contribution in [-0.4, -0.2) is 87.4 Å². The predicted molar refractivity (Wildman–Crippen MR) is 332 cm³/mol. The van der Waals surface area contributed by atoms with Crippen LogP contribution < -0.4 is 0 Å². The van der Waals surface area contributed by atoms with Crippen molar-refractivity contribution in [1.29, 1.82) is 0 Å². The van der Waals surface area contributed by atoms with Crippen LogP contribution in [0.1, 0.15) is 328 Å². The van der Waals surface area contributed by atoms with Crippen molar-refractivity contribution in [3.63, 3.8) is 0 Å². The van der Waals surface area contributed by atoms with E-state index in [0.29, 0.717) is 17.4 Å². The fourth-order valence-corrected chi connectivity index (χ4v) is 9.97. The van der Waals surface area contributed by atoms with Gasteiger partial charge in [-0.2, -0.15) is 0 Å². The Morgan fingerprint density at radius 3 is 1.03 bits per heavy atom. The smallest absolute Gasteiger partial charge is 0.361 e. The van der Waals surface area contributed by atoms with Crippen molar-refractivity contribution in [3.8, 4) is 0 Å². The molecule has 458 valence electrons. The fourth-order valence-electron chi connectivity index (χ4n) is 9.97. The topological polar surface area (TPSA) is 108 Å². The van der Waals surface area contributed by atoms with E-state index in [4.69, 9.17) is 18.9 Å². The van der Waals surface area contributed by atoms with E-state index in [-0.39, 0.29) is 38.2 Å². The molecule has 1 N–H and O–H groups in total. The summed E-state index contributed by atoms with van der Waals surface area (Å²) < 4.78 is 23.0. The lowest BCUT2D eigenvalue weighted by atomic mass is 10.0. The lowest BCUT2D eigenvalue weighted by Gasteiger charge is -2.25. The minimum Gasteiger partial charge on any atom is -0.477 e. The second-order valence-corrected chi connectivity index (χ2v) is 24.1. The molecule has 0 bridgehead atoms. The molecule has 2 atom stereocenters. The third-order valence-corrected chi connectivity index (χ3v) is 15.1. The average Bonchev–Trinajstić information content (AvgIpc) is 3.41. The molecule has 0 saturated carbocycles. The monoisotopic (exact) mass is 1100 g/mol. The minimum absolute atomic E-state index is 0.176. The van der Waals surface area contributed by atoms with E-state index < -0.39 is 18.4 Å². The van der Waals surface area contributed by atoms with Crippen LogP contribution in [0.5, 0.6) is 0 Å². The molecule has 78 heavy (non-hydrogen) atoms. The third kappa shape index (κ3) is 61.1. The molecular weight excluding hydrogens is 971 g/mol. The van der Waals surface area contributed by atoms with Crippen molar-refractivity contribution >= 4 is 17.9 Å². The van der Waals surface area contributed by atoms with Gasteiger partial charge in [-0.05, 0) is 51.4 Å². The second-order valence-electron chi connectivity index (χ2n) is 24.1. The number of ether oxygens (including phenoxy) is 4. The summed E-state index contributed by atoms with van der Waals surface area (Å²) in [4.78, 5) is 37.6. The van der Waals surface area contributed by atoms with Crippen LogP contribution in [0.4, 0.5) is 0 Å². The van der Waals surface area contributed by atoms with Gasteiger partial charge in [0, 0.05) is 12.8 Å². The average molecular weight is 1100 g/mol. The van der Waals surface area contributed by atoms with Gasteiger partial charge in [-0.15, -0.1) is 0 Å². The summed E-state index contributed by atoms with van der Waals surface area (Å²) in [5.74, 6) is -1.98. The fraction of sp³-hybridized carbons (Fsp3) is 0.870. The van der Waals surface area contributed by atoms with Crippen molar-refractivity contribution in [2.24, 2.45) is 0 Å². The first-order chi connectivity index (χ1) is 38.1. The van der Waals surface area contributed by atoms with Gasteiger partial charge in [0.15, 0.2) is 6.10 Å². The summed E-state index contributed by atoms with van der Waals surface area (Å²) in [6, 6.07) is 0. The first-order valence-electron chi connectivity index (χ1n) is 33.7. The van der Waals surface area contributed by atoms with E-state index in [1.54, 1.807) is 0 Å². The molecule has 0 aromatic rings. The molecule has 0 aromatic heterocycles. The Morgan fingerprint density at radius 1 is 0.385 bits per heavy atom. The van der Waals surface area contributed by atoms with Crippen LogP contribution >= 0.6 is 0 Å². The molecule has 0 heterocycles. The number of esters is 2. The Balaban J connectivity index is 4.10. The summed E-state index contributed by atoms with van der Waals surface area (Å²) in [5.41, 5.74) is 0. The molecule has 0 aliphatic carbocycles. The number of unbranched alkanes of at least 4 members (excludes halogenated alkanes) is 42. The van der Waals surface area contributed by atoms with Crippen molar-refractivity contribution in [2.45, 2.75) is 341 Å². The van der Waals surface area contributed by atoms with E-state index in [9.17, 15) is 19.5 Å². The van der Waals surface area contributed by atoms with Gasteiger partial charge < -0.3 is 28.5 Å². The first-order valence-corrected chi connectivity index (χ1v) is 33.7. The molecule has 0 radical (unpaired) electrons. The molecule has 0 rings (SSSR count). The maximum Gasteiger partial charge on any atom is 0.361 e. The molecule has 0 saturated heterocycles. The number of carbonyl (C=O) groups is 3. The predicted octanol–water partition coefficient (Wildman–Crippen LogP) is 20.4. The highest BCUT2D eigenvalue weighted by atomic mass is 16.7. The Morgan fingerprint density at radius 2 is 0.692 bits per heavy atom. The SMILES string of the molecule is CCCCCCC/C=C\C/C=C\C/C=C\CCCCCCCCCCCCCCCCCCC(=O)OC(COC(=O)CCCCCCCCCCCCCCCCCCCCCCCC)COC(OCC[N+](C)(C)C)C(=O)O. The normalized spacial score (nSPS) is 12.9. The first kappa shape index (κ1) is 75.5. The van der Waals surface area contributed by atoms with Crippen molar-refractivity contribution in [2.75, 3.05) is 47.5 Å². The third-order valence-electron chi connectivity index (χ3n) is 15.1.